The summed E-state index contributed by atoms with van der Waals surface area (Å²) >= 11 is 0. The van der Waals surface area contributed by atoms with Crippen LogP contribution in [0.1, 0.15) is 11.4 Å². The summed E-state index contributed by atoms with van der Waals surface area (Å²) in [5.41, 5.74) is 8.50. The van der Waals surface area contributed by atoms with Crippen LogP contribution in [-0.4, -0.2) is 44.8 Å². The summed E-state index contributed by atoms with van der Waals surface area (Å²) in [4.78, 5) is 26.2. The average Bonchev–Trinajstić information content (AvgIpc) is 3.26. The van der Waals surface area contributed by atoms with Crippen molar-refractivity contribution in [1.82, 2.24) is 24.7 Å². The molecule has 0 spiro atoms. The fraction of sp³-hybridized carbons (Fsp3) is 0.125. The molecule has 0 bridgehead atoms. The van der Waals surface area contributed by atoms with Crippen molar-refractivity contribution in [3.8, 4) is 16.9 Å². The molecule has 0 unspecified atom stereocenters. The molecule has 9 nitrogen and oxygen atoms in total. The highest BCUT2D eigenvalue weighted by molar-refractivity contribution is 5.88. The fourth-order valence-corrected chi connectivity index (χ4v) is 3.09. The smallest absolute Gasteiger partial charge is 0.331 e. The first kappa shape index (κ1) is 22.6. The van der Waals surface area contributed by atoms with E-state index in [1.165, 1.54) is 18.2 Å². The van der Waals surface area contributed by atoms with Gasteiger partial charge in [0.2, 0.25) is 11.9 Å². The topological polar surface area (TPSA) is 112 Å². The molecule has 4 aromatic rings. The van der Waals surface area contributed by atoms with Gasteiger partial charge in [-0.2, -0.15) is 20.1 Å². The van der Waals surface area contributed by atoms with Crippen LogP contribution in [0.25, 0.3) is 23.0 Å². The van der Waals surface area contributed by atoms with E-state index in [1.807, 2.05) is 30.3 Å². The van der Waals surface area contributed by atoms with E-state index in [0.29, 0.717) is 22.8 Å². The summed E-state index contributed by atoms with van der Waals surface area (Å²) in [6.07, 6.45) is 4.67. The number of para-hydroxylation sites is 1. The van der Waals surface area contributed by atoms with E-state index >= 15 is 0 Å². The normalized spacial score (nSPS) is 11.0. The Morgan fingerprint density at radius 2 is 1.82 bits per heavy atom. The first-order valence-corrected chi connectivity index (χ1v) is 10.3. The minimum atomic E-state index is -0.595. The minimum Gasteiger partial charge on any atom is -0.454 e. The molecule has 0 amide bonds. The van der Waals surface area contributed by atoms with Crippen molar-refractivity contribution < 1.29 is 13.9 Å². The fourth-order valence-electron chi connectivity index (χ4n) is 3.09. The van der Waals surface area contributed by atoms with Gasteiger partial charge in [-0.05, 0) is 42.5 Å². The largest absolute Gasteiger partial charge is 0.454 e. The molecule has 0 aliphatic carbocycles. The van der Waals surface area contributed by atoms with Crippen LogP contribution in [0, 0.1) is 5.82 Å². The third-order valence-electron chi connectivity index (χ3n) is 4.71. The molecule has 0 saturated heterocycles. The van der Waals surface area contributed by atoms with Crippen LogP contribution < -0.4 is 10.6 Å². The summed E-state index contributed by atoms with van der Waals surface area (Å²) in [5.74, 6) is -0.294. The number of carbonyl (C=O) groups excluding carboxylic acids is 1. The molecule has 2 aromatic carbocycles. The van der Waals surface area contributed by atoms with Crippen molar-refractivity contribution in [2.75, 3.05) is 24.7 Å². The van der Waals surface area contributed by atoms with Gasteiger partial charge in [0.1, 0.15) is 5.82 Å². The Hall–Kier alpha value is -4.60. The van der Waals surface area contributed by atoms with Crippen LogP contribution >= 0.6 is 0 Å². The highest BCUT2D eigenvalue weighted by Crippen LogP contribution is 2.25. The van der Waals surface area contributed by atoms with Gasteiger partial charge in [0.05, 0.1) is 11.4 Å². The molecule has 2 N–H and O–H groups in total. The van der Waals surface area contributed by atoms with Gasteiger partial charge in [0, 0.05) is 37.5 Å². The number of hydrogen-bond acceptors (Lipinski definition) is 8. The van der Waals surface area contributed by atoms with Gasteiger partial charge < -0.3 is 15.4 Å². The molecular formula is C24H22FN7O2. The van der Waals surface area contributed by atoms with E-state index in [4.69, 9.17) is 10.5 Å². The zero-order valence-corrected chi connectivity index (χ0v) is 18.6. The van der Waals surface area contributed by atoms with E-state index < -0.39 is 5.97 Å². The molecule has 0 saturated carbocycles. The maximum absolute atomic E-state index is 13.4. The number of rotatable bonds is 7. The highest BCUT2D eigenvalue weighted by atomic mass is 19.1. The molecule has 4 rings (SSSR count). The van der Waals surface area contributed by atoms with Crippen LogP contribution in [0.15, 0.2) is 66.9 Å². The molecule has 0 fully saturated rings. The summed E-state index contributed by atoms with van der Waals surface area (Å²) in [6.45, 7) is -0.162. The van der Waals surface area contributed by atoms with E-state index in [-0.39, 0.29) is 24.2 Å². The second kappa shape index (κ2) is 9.90. The third-order valence-corrected chi connectivity index (χ3v) is 4.71. The number of hydrogen-bond donors (Lipinski definition) is 1. The van der Waals surface area contributed by atoms with Crippen molar-refractivity contribution in [3.05, 3.63) is 84.1 Å². The number of esters is 1. The lowest BCUT2D eigenvalue weighted by Crippen LogP contribution is -2.17. The summed E-state index contributed by atoms with van der Waals surface area (Å²) in [7, 11) is 3.53. The van der Waals surface area contributed by atoms with Crippen LogP contribution in [0.4, 0.5) is 16.3 Å². The number of ether oxygens (including phenoxy) is 1. The Kier molecular flexibility index (Phi) is 6.58. The number of nitrogens with two attached hydrogens (primary N) is 1. The number of nitrogens with zero attached hydrogens (tertiary/aromatic N) is 6. The van der Waals surface area contributed by atoms with Gasteiger partial charge in [-0.15, -0.1) is 0 Å². The van der Waals surface area contributed by atoms with Gasteiger partial charge in [0.15, 0.2) is 12.4 Å². The van der Waals surface area contributed by atoms with Crippen molar-refractivity contribution in [3.63, 3.8) is 0 Å². The second-order valence-electron chi connectivity index (χ2n) is 7.47. The number of anilines is 2. The lowest BCUT2D eigenvalue weighted by atomic mass is 10.1. The molecule has 0 radical (unpaired) electrons. The number of aromatic nitrogens is 5. The summed E-state index contributed by atoms with van der Waals surface area (Å²) < 4.78 is 20.4. The maximum atomic E-state index is 13.4. The van der Waals surface area contributed by atoms with Gasteiger partial charge in [-0.3, -0.25) is 0 Å². The number of benzene rings is 2. The Morgan fingerprint density at radius 1 is 1.09 bits per heavy atom. The predicted molar refractivity (Wildman–Crippen MR) is 126 cm³/mol. The Balaban J connectivity index is 1.55. The zero-order chi connectivity index (χ0) is 24.1. The van der Waals surface area contributed by atoms with E-state index in [9.17, 15) is 9.18 Å². The maximum Gasteiger partial charge on any atom is 0.331 e. The Morgan fingerprint density at radius 3 is 2.53 bits per heavy atom. The van der Waals surface area contributed by atoms with Gasteiger partial charge in [-0.1, -0.05) is 18.2 Å². The standard InChI is InChI=1S/C24H22FN7O2/c1-31(2)24-28-20(27-23(26)29-24)15-34-21(33)13-10-17-14-32(19-6-4-3-5-7-19)30-22(17)16-8-11-18(25)12-9-16/h3-14H,15H2,1-2H3,(H2,26,27,28,29)/b13-10+. The summed E-state index contributed by atoms with van der Waals surface area (Å²) in [6, 6.07) is 15.5. The van der Waals surface area contributed by atoms with Gasteiger partial charge >= 0.3 is 5.97 Å². The first-order valence-electron chi connectivity index (χ1n) is 10.3. The third kappa shape index (κ3) is 5.41. The Labute approximate surface area is 195 Å². The minimum absolute atomic E-state index is 0.0394. The zero-order valence-electron chi connectivity index (χ0n) is 18.6. The predicted octanol–water partition coefficient (Wildman–Crippen LogP) is 3.27. The molecular weight excluding hydrogens is 437 g/mol. The van der Waals surface area contributed by atoms with Crippen molar-refractivity contribution in [2.45, 2.75) is 6.61 Å². The SMILES string of the molecule is CN(C)c1nc(N)nc(COC(=O)/C=C/c2cn(-c3ccccc3)nc2-c2ccc(F)cc2)n1. The van der Waals surface area contributed by atoms with E-state index in [2.05, 4.69) is 20.1 Å². The van der Waals surface area contributed by atoms with Gasteiger partial charge in [0.25, 0.3) is 0 Å². The van der Waals surface area contributed by atoms with E-state index in [1.54, 1.807) is 48.1 Å². The summed E-state index contributed by atoms with van der Waals surface area (Å²) in [5, 5.41) is 4.63. The average molecular weight is 459 g/mol. The molecule has 34 heavy (non-hydrogen) atoms. The second-order valence-corrected chi connectivity index (χ2v) is 7.47. The highest BCUT2D eigenvalue weighted by Gasteiger charge is 2.12. The first-order chi connectivity index (χ1) is 16.4. The van der Waals surface area contributed by atoms with Crippen molar-refractivity contribution >= 4 is 23.9 Å². The van der Waals surface area contributed by atoms with Crippen molar-refractivity contribution in [1.29, 1.82) is 0 Å². The number of carbonyl (C=O) groups is 1. The van der Waals surface area contributed by atoms with Crippen LogP contribution in [0.2, 0.25) is 0 Å². The molecule has 10 heteroatoms. The molecule has 0 aliphatic heterocycles. The molecule has 2 heterocycles. The van der Waals surface area contributed by atoms with Crippen LogP contribution in [0.5, 0.6) is 0 Å². The van der Waals surface area contributed by atoms with Crippen LogP contribution in [0.3, 0.4) is 0 Å². The number of nitrogen functional groups attached to an aromatic ring is 1. The van der Waals surface area contributed by atoms with Gasteiger partial charge in [-0.25, -0.2) is 13.9 Å². The quantitative estimate of drug-likeness (QED) is 0.331. The molecule has 2 aromatic heterocycles. The lowest BCUT2D eigenvalue weighted by Gasteiger charge is -2.11. The molecule has 0 atom stereocenters. The monoisotopic (exact) mass is 459 g/mol. The van der Waals surface area contributed by atoms with Crippen LogP contribution in [-0.2, 0) is 16.1 Å². The Bertz CT molecular complexity index is 1320. The van der Waals surface area contributed by atoms with E-state index in [0.717, 1.165) is 5.69 Å². The molecule has 0 aliphatic rings. The lowest BCUT2D eigenvalue weighted by molar-refractivity contribution is -0.139. The van der Waals surface area contributed by atoms with Crippen molar-refractivity contribution in [2.24, 2.45) is 0 Å². The molecule has 172 valence electrons. The number of halogens is 1.